The van der Waals surface area contributed by atoms with Crippen molar-refractivity contribution in [3.8, 4) is 55.9 Å². The highest BCUT2D eigenvalue weighted by atomic mass is 32.1. The van der Waals surface area contributed by atoms with Crippen molar-refractivity contribution in [1.82, 2.24) is 19.9 Å². The first-order valence-electron chi connectivity index (χ1n) is 15.6. The number of aromatic nitrogens is 4. The summed E-state index contributed by atoms with van der Waals surface area (Å²) >= 11 is 1.75. The molecule has 0 saturated heterocycles. The molecular formula is C42H26N4S. The first-order chi connectivity index (χ1) is 23.2. The number of rotatable bonds is 5. The van der Waals surface area contributed by atoms with Gasteiger partial charge in [-0.25, -0.2) is 19.9 Å². The van der Waals surface area contributed by atoms with Crippen molar-refractivity contribution in [1.29, 1.82) is 0 Å². The van der Waals surface area contributed by atoms with E-state index in [2.05, 4.69) is 91.0 Å². The molecule has 0 atom stereocenters. The van der Waals surface area contributed by atoms with Gasteiger partial charge in [-0.15, -0.1) is 11.3 Å². The largest absolute Gasteiger partial charge is 0.236 e. The summed E-state index contributed by atoms with van der Waals surface area (Å²) in [5, 5.41) is 5.77. The zero-order valence-corrected chi connectivity index (χ0v) is 26.0. The average molecular weight is 619 g/mol. The van der Waals surface area contributed by atoms with Gasteiger partial charge < -0.3 is 0 Å². The Morgan fingerprint density at radius 2 is 0.830 bits per heavy atom. The van der Waals surface area contributed by atoms with E-state index in [0.29, 0.717) is 17.5 Å². The third-order valence-corrected chi connectivity index (χ3v) is 9.68. The fourth-order valence-electron chi connectivity index (χ4n) is 6.09. The summed E-state index contributed by atoms with van der Waals surface area (Å²) in [6.45, 7) is 0. The van der Waals surface area contributed by atoms with Crippen LogP contribution >= 0.6 is 11.3 Å². The van der Waals surface area contributed by atoms with Gasteiger partial charge in [0, 0.05) is 27.6 Å². The van der Waals surface area contributed by atoms with Gasteiger partial charge in [0.25, 0.3) is 0 Å². The van der Waals surface area contributed by atoms with Gasteiger partial charge >= 0.3 is 0 Å². The van der Waals surface area contributed by atoms with E-state index in [0.717, 1.165) is 49.1 Å². The summed E-state index contributed by atoms with van der Waals surface area (Å²) in [7, 11) is 0. The minimum Gasteiger partial charge on any atom is -0.236 e. The fourth-order valence-corrected chi connectivity index (χ4v) is 7.19. The zero-order valence-electron chi connectivity index (χ0n) is 25.2. The lowest BCUT2D eigenvalue weighted by molar-refractivity contribution is 1.07. The molecule has 7 aromatic carbocycles. The van der Waals surface area contributed by atoms with Crippen LogP contribution in [0.25, 0.3) is 87.6 Å². The molecule has 0 aliphatic heterocycles. The van der Waals surface area contributed by atoms with Crippen molar-refractivity contribution in [2.45, 2.75) is 0 Å². The van der Waals surface area contributed by atoms with Crippen LogP contribution in [0.3, 0.4) is 0 Å². The Hall–Kier alpha value is -6.04. The van der Waals surface area contributed by atoms with Crippen LogP contribution in [0.2, 0.25) is 0 Å². The van der Waals surface area contributed by atoms with Crippen molar-refractivity contribution < 1.29 is 0 Å². The van der Waals surface area contributed by atoms with Crippen LogP contribution in [-0.4, -0.2) is 19.9 Å². The van der Waals surface area contributed by atoms with E-state index < -0.39 is 0 Å². The monoisotopic (exact) mass is 618 g/mol. The number of hydrogen-bond donors (Lipinski definition) is 0. The van der Waals surface area contributed by atoms with Crippen LogP contribution in [0.1, 0.15) is 0 Å². The number of hydrogen-bond acceptors (Lipinski definition) is 5. The van der Waals surface area contributed by atoms with E-state index in [4.69, 9.17) is 19.9 Å². The van der Waals surface area contributed by atoms with Gasteiger partial charge in [0.15, 0.2) is 17.5 Å². The highest BCUT2D eigenvalue weighted by molar-refractivity contribution is 7.22. The van der Waals surface area contributed by atoms with Crippen LogP contribution in [0, 0.1) is 0 Å². The quantitative estimate of drug-likeness (QED) is 0.193. The molecule has 220 valence electrons. The molecule has 2 aromatic heterocycles. The first kappa shape index (κ1) is 27.3. The predicted octanol–water partition coefficient (Wildman–Crippen LogP) is 11.1. The molecule has 2 heterocycles. The Morgan fingerprint density at radius 1 is 0.340 bits per heavy atom. The summed E-state index contributed by atoms with van der Waals surface area (Å²) in [5.41, 5.74) is 7.37. The smallest absolute Gasteiger partial charge is 0.164 e. The maximum atomic E-state index is 4.97. The Balaban J connectivity index is 1.14. The molecule has 9 rings (SSSR count). The molecular weight excluding hydrogens is 593 g/mol. The van der Waals surface area contributed by atoms with E-state index in [1.54, 1.807) is 11.3 Å². The topological polar surface area (TPSA) is 51.6 Å². The molecule has 0 radical (unpaired) electrons. The maximum Gasteiger partial charge on any atom is 0.164 e. The van der Waals surface area contributed by atoms with Crippen LogP contribution < -0.4 is 0 Å². The normalized spacial score (nSPS) is 11.4. The zero-order chi connectivity index (χ0) is 31.2. The Morgan fingerprint density at radius 3 is 1.47 bits per heavy atom. The van der Waals surface area contributed by atoms with Crippen molar-refractivity contribution in [2.75, 3.05) is 0 Å². The van der Waals surface area contributed by atoms with Crippen LogP contribution in [0.4, 0.5) is 0 Å². The molecule has 4 nitrogen and oxygen atoms in total. The molecule has 0 amide bonds. The van der Waals surface area contributed by atoms with Crippen molar-refractivity contribution in [3.05, 3.63) is 158 Å². The highest BCUT2D eigenvalue weighted by Crippen LogP contribution is 2.37. The van der Waals surface area contributed by atoms with Gasteiger partial charge in [-0.2, -0.15) is 0 Å². The van der Waals surface area contributed by atoms with Gasteiger partial charge in [-0.05, 0) is 51.6 Å². The second kappa shape index (κ2) is 11.4. The summed E-state index contributed by atoms with van der Waals surface area (Å²) < 4.78 is 1.21. The first-order valence-corrected chi connectivity index (χ1v) is 16.4. The second-order valence-electron chi connectivity index (χ2n) is 11.5. The minimum atomic E-state index is 0.650. The molecule has 0 saturated carbocycles. The number of benzene rings is 7. The van der Waals surface area contributed by atoms with Crippen molar-refractivity contribution in [3.63, 3.8) is 0 Å². The van der Waals surface area contributed by atoms with E-state index >= 15 is 0 Å². The molecule has 0 bridgehead atoms. The molecule has 0 unspecified atom stereocenters. The predicted molar refractivity (Wildman–Crippen MR) is 195 cm³/mol. The Kier molecular flexibility index (Phi) is 6.61. The lowest BCUT2D eigenvalue weighted by Crippen LogP contribution is -2.00. The van der Waals surface area contributed by atoms with Crippen LogP contribution in [-0.2, 0) is 0 Å². The molecule has 0 N–H and O–H groups in total. The fraction of sp³-hybridized carbons (Fsp3) is 0. The standard InChI is InChI=1S/C42H26N4S/c1-4-10-29(11-5-1)39-44-40(30-12-6-2-7-13-30)46-41(45-39)34-21-17-27-16-19-32(24-35(27)25-34)33-20-18-28-22-23-37-38(36(28)26-33)47-42(43-37)31-14-8-3-9-15-31/h1-26H. The molecule has 0 aliphatic rings. The lowest BCUT2D eigenvalue weighted by Gasteiger charge is -2.10. The van der Waals surface area contributed by atoms with E-state index in [9.17, 15) is 0 Å². The maximum absolute atomic E-state index is 4.97. The second-order valence-corrected chi connectivity index (χ2v) is 12.5. The molecule has 47 heavy (non-hydrogen) atoms. The van der Waals surface area contributed by atoms with Gasteiger partial charge in [0.1, 0.15) is 5.01 Å². The highest BCUT2D eigenvalue weighted by Gasteiger charge is 2.14. The van der Waals surface area contributed by atoms with Crippen LogP contribution in [0.15, 0.2) is 158 Å². The van der Waals surface area contributed by atoms with Gasteiger partial charge in [-0.1, -0.05) is 133 Å². The van der Waals surface area contributed by atoms with E-state index in [-0.39, 0.29) is 0 Å². The summed E-state index contributed by atoms with van der Waals surface area (Å²) in [4.78, 5) is 19.7. The number of fused-ring (bicyclic) bond motifs is 4. The van der Waals surface area contributed by atoms with Gasteiger partial charge in [0.05, 0.1) is 10.2 Å². The molecule has 5 heteroatoms. The van der Waals surface area contributed by atoms with E-state index in [1.165, 1.54) is 21.0 Å². The Labute approximate surface area is 275 Å². The summed E-state index contributed by atoms with van der Waals surface area (Å²) in [5.74, 6) is 1.96. The summed E-state index contributed by atoms with van der Waals surface area (Å²) in [6.07, 6.45) is 0. The molecule has 0 fully saturated rings. The SMILES string of the molecule is c1ccc(-c2nc(-c3ccccc3)nc(-c3ccc4ccc(-c5ccc6ccc7nc(-c8ccccc8)sc7c6c5)cc4c3)n2)cc1. The van der Waals surface area contributed by atoms with E-state index in [1.807, 2.05) is 66.7 Å². The average Bonchev–Trinajstić information content (AvgIpc) is 3.60. The molecule has 9 aromatic rings. The van der Waals surface area contributed by atoms with Crippen molar-refractivity contribution >= 4 is 43.1 Å². The van der Waals surface area contributed by atoms with Gasteiger partial charge in [-0.3, -0.25) is 0 Å². The van der Waals surface area contributed by atoms with Crippen LogP contribution in [0.5, 0.6) is 0 Å². The third kappa shape index (κ3) is 5.13. The van der Waals surface area contributed by atoms with Gasteiger partial charge in [0.2, 0.25) is 0 Å². The minimum absolute atomic E-state index is 0.650. The number of nitrogens with zero attached hydrogens (tertiary/aromatic N) is 4. The molecule has 0 aliphatic carbocycles. The molecule has 0 spiro atoms. The number of thiazole rings is 1. The summed E-state index contributed by atoms with van der Waals surface area (Å²) in [6, 6.07) is 54.7. The Bertz CT molecular complexity index is 2500. The lowest BCUT2D eigenvalue weighted by atomic mass is 9.97. The van der Waals surface area contributed by atoms with Crippen molar-refractivity contribution in [2.24, 2.45) is 0 Å². The third-order valence-electron chi connectivity index (χ3n) is 8.52.